The molecule has 1 heterocycles. The van der Waals surface area contributed by atoms with Gasteiger partial charge in [-0.1, -0.05) is 49.9 Å². The van der Waals surface area contributed by atoms with Gasteiger partial charge in [0.1, 0.15) is 11.6 Å². The van der Waals surface area contributed by atoms with Crippen LogP contribution in [0.2, 0.25) is 10.0 Å². The van der Waals surface area contributed by atoms with Gasteiger partial charge in [-0.25, -0.2) is 9.37 Å². The zero-order chi connectivity index (χ0) is 22.8. The van der Waals surface area contributed by atoms with Crippen molar-refractivity contribution < 1.29 is 9.18 Å². The largest absolute Gasteiger partial charge is 0.331 e. The Hall–Kier alpha value is -2.11. The van der Waals surface area contributed by atoms with Crippen LogP contribution in [0.4, 0.5) is 4.39 Å². The van der Waals surface area contributed by atoms with E-state index in [4.69, 9.17) is 28.2 Å². The minimum atomic E-state index is -0.302. The highest BCUT2D eigenvalue weighted by atomic mass is 35.5. The molecular formula is C25H28Cl2FN3O. The van der Waals surface area contributed by atoms with Crippen LogP contribution in [0.25, 0.3) is 11.0 Å². The average molecular weight is 476 g/mol. The molecule has 4 rings (SSSR count). The van der Waals surface area contributed by atoms with Gasteiger partial charge < -0.3 is 9.47 Å². The Morgan fingerprint density at radius 3 is 2.59 bits per heavy atom. The maximum absolute atomic E-state index is 13.9. The van der Waals surface area contributed by atoms with E-state index >= 15 is 0 Å². The molecule has 0 bridgehead atoms. The lowest BCUT2D eigenvalue weighted by Gasteiger charge is -2.25. The predicted octanol–water partition coefficient (Wildman–Crippen LogP) is 7.29. The molecule has 2 aromatic carbocycles. The van der Waals surface area contributed by atoms with E-state index in [1.54, 1.807) is 24.3 Å². The van der Waals surface area contributed by atoms with Gasteiger partial charge in [0.25, 0.3) is 5.91 Å². The number of hydrogen-bond donors (Lipinski definition) is 0. The second kappa shape index (κ2) is 9.80. The first kappa shape index (κ1) is 23.1. The summed E-state index contributed by atoms with van der Waals surface area (Å²) in [6.07, 6.45) is 5.35. The van der Waals surface area contributed by atoms with Crippen molar-refractivity contribution in [2.75, 3.05) is 6.54 Å². The van der Waals surface area contributed by atoms with Crippen LogP contribution >= 0.6 is 23.2 Å². The number of carbonyl (C=O) groups is 1. The topological polar surface area (TPSA) is 38.1 Å². The molecule has 1 saturated carbocycles. The minimum absolute atomic E-state index is 0.111. The third-order valence-electron chi connectivity index (χ3n) is 6.18. The number of fused-ring (bicyclic) bond motifs is 1. The van der Waals surface area contributed by atoms with Crippen molar-refractivity contribution in [1.29, 1.82) is 0 Å². The van der Waals surface area contributed by atoms with Crippen LogP contribution in [-0.2, 0) is 6.54 Å². The maximum atomic E-state index is 13.9. The first-order valence-electron chi connectivity index (χ1n) is 11.2. The summed E-state index contributed by atoms with van der Waals surface area (Å²) in [5.74, 6) is 0.834. The molecule has 1 fully saturated rings. The van der Waals surface area contributed by atoms with Crippen molar-refractivity contribution >= 4 is 40.1 Å². The molecule has 32 heavy (non-hydrogen) atoms. The molecule has 4 nitrogen and oxygen atoms in total. The number of halogens is 3. The zero-order valence-corrected chi connectivity index (χ0v) is 20.0. The molecule has 0 saturated heterocycles. The summed E-state index contributed by atoms with van der Waals surface area (Å²) in [6.45, 7) is 5.23. The fraction of sp³-hybridized carbons (Fsp3) is 0.440. The number of hydrogen-bond acceptors (Lipinski definition) is 2. The molecule has 1 amide bonds. The number of imidazole rings is 1. The molecule has 1 aliphatic carbocycles. The minimum Gasteiger partial charge on any atom is -0.331 e. The first-order chi connectivity index (χ1) is 15.3. The lowest BCUT2D eigenvalue weighted by molar-refractivity contribution is 0.0728. The molecule has 3 aromatic rings. The molecule has 0 atom stereocenters. The number of benzene rings is 2. The van der Waals surface area contributed by atoms with Crippen LogP contribution in [-0.4, -0.2) is 26.9 Å². The lowest BCUT2D eigenvalue weighted by Crippen LogP contribution is -2.33. The summed E-state index contributed by atoms with van der Waals surface area (Å²) in [5, 5.41) is 0.775. The Morgan fingerprint density at radius 1 is 1.16 bits per heavy atom. The van der Waals surface area contributed by atoms with Crippen molar-refractivity contribution in [2.24, 2.45) is 5.92 Å². The van der Waals surface area contributed by atoms with Gasteiger partial charge in [-0.3, -0.25) is 4.79 Å². The number of aromatic nitrogens is 2. The number of amides is 1. The Labute approximate surface area is 198 Å². The summed E-state index contributed by atoms with van der Waals surface area (Å²) in [6, 6.07) is 10.1. The average Bonchev–Trinajstić information content (AvgIpc) is 3.39. The highest BCUT2D eigenvalue weighted by molar-refractivity contribution is 6.42. The van der Waals surface area contributed by atoms with Crippen molar-refractivity contribution in [2.45, 2.75) is 58.5 Å². The summed E-state index contributed by atoms with van der Waals surface area (Å²) in [7, 11) is 0. The van der Waals surface area contributed by atoms with E-state index in [1.807, 2.05) is 4.90 Å². The Morgan fingerprint density at radius 2 is 1.91 bits per heavy atom. The summed E-state index contributed by atoms with van der Waals surface area (Å²) < 4.78 is 16.1. The van der Waals surface area contributed by atoms with Crippen LogP contribution in [0.1, 0.15) is 68.2 Å². The van der Waals surface area contributed by atoms with Crippen LogP contribution in [0.5, 0.6) is 0 Å². The van der Waals surface area contributed by atoms with E-state index in [0.717, 1.165) is 30.6 Å². The summed E-state index contributed by atoms with van der Waals surface area (Å²) >= 11 is 12.2. The number of rotatable bonds is 7. The van der Waals surface area contributed by atoms with Gasteiger partial charge in [0.05, 0.1) is 27.6 Å². The number of carbonyl (C=O) groups excluding carboxylic acids is 1. The van der Waals surface area contributed by atoms with E-state index in [9.17, 15) is 9.18 Å². The second-order valence-corrected chi connectivity index (χ2v) is 9.82. The number of nitrogens with zero attached hydrogens (tertiary/aromatic N) is 3. The second-order valence-electron chi connectivity index (χ2n) is 9.01. The zero-order valence-electron chi connectivity index (χ0n) is 18.5. The van der Waals surface area contributed by atoms with Crippen LogP contribution < -0.4 is 0 Å². The predicted molar refractivity (Wildman–Crippen MR) is 128 cm³/mol. The maximum Gasteiger partial charge on any atom is 0.254 e. The molecule has 0 spiro atoms. The summed E-state index contributed by atoms with van der Waals surface area (Å²) in [4.78, 5) is 20.1. The molecule has 0 unspecified atom stereocenters. The normalized spacial score (nSPS) is 14.6. The molecular weight excluding hydrogens is 448 g/mol. The first-order valence-corrected chi connectivity index (χ1v) is 12.0. The molecule has 170 valence electrons. The van der Waals surface area contributed by atoms with Gasteiger partial charge >= 0.3 is 0 Å². The highest BCUT2D eigenvalue weighted by Gasteiger charge is 2.26. The van der Waals surface area contributed by atoms with Gasteiger partial charge in [-0.2, -0.15) is 0 Å². The van der Waals surface area contributed by atoms with Crippen molar-refractivity contribution in [1.82, 2.24) is 14.5 Å². The van der Waals surface area contributed by atoms with Crippen molar-refractivity contribution in [3.8, 4) is 0 Å². The van der Waals surface area contributed by atoms with Crippen LogP contribution in [0.3, 0.4) is 0 Å². The third-order valence-corrected chi connectivity index (χ3v) is 6.92. The Kier molecular flexibility index (Phi) is 7.06. The van der Waals surface area contributed by atoms with Crippen LogP contribution in [0.15, 0.2) is 36.4 Å². The Bertz CT molecular complexity index is 1120. The van der Waals surface area contributed by atoms with Gasteiger partial charge in [0.15, 0.2) is 0 Å². The van der Waals surface area contributed by atoms with Gasteiger partial charge in [0.2, 0.25) is 0 Å². The molecule has 1 aromatic heterocycles. The van der Waals surface area contributed by atoms with Gasteiger partial charge in [0, 0.05) is 24.2 Å². The monoisotopic (exact) mass is 475 g/mol. The SMILES string of the molecule is CC(C)CCN(Cc1nc2cc(F)ccc2n1C1CCCC1)C(=O)c1ccc(Cl)c(Cl)c1. The standard InChI is InChI=1S/C25H28Cl2FN3O/c1-16(2)11-12-30(25(32)17-7-9-20(26)21(27)13-17)15-24-29-22-14-18(28)8-10-23(22)31(24)19-5-3-4-6-19/h7-10,13-14,16,19H,3-6,11-12,15H2,1-2H3. The van der Waals surface area contributed by atoms with E-state index in [1.165, 1.54) is 25.0 Å². The third kappa shape index (κ3) is 4.94. The molecule has 0 N–H and O–H groups in total. The summed E-state index contributed by atoms with van der Waals surface area (Å²) in [5.41, 5.74) is 2.06. The fourth-order valence-electron chi connectivity index (χ4n) is 4.45. The van der Waals surface area contributed by atoms with Crippen molar-refractivity contribution in [3.63, 3.8) is 0 Å². The van der Waals surface area contributed by atoms with E-state index in [0.29, 0.717) is 46.2 Å². The highest BCUT2D eigenvalue weighted by Crippen LogP contribution is 2.34. The van der Waals surface area contributed by atoms with E-state index < -0.39 is 0 Å². The van der Waals surface area contributed by atoms with Gasteiger partial charge in [-0.05, 0) is 55.5 Å². The smallest absolute Gasteiger partial charge is 0.254 e. The van der Waals surface area contributed by atoms with Gasteiger partial charge in [-0.15, -0.1) is 0 Å². The quantitative estimate of drug-likeness (QED) is 0.359. The molecule has 0 radical (unpaired) electrons. The van der Waals surface area contributed by atoms with E-state index in [-0.39, 0.29) is 11.7 Å². The van der Waals surface area contributed by atoms with E-state index in [2.05, 4.69) is 18.4 Å². The lowest BCUT2D eigenvalue weighted by atomic mass is 10.1. The van der Waals surface area contributed by atoms with Crippen molar-refractivity contribution in [3.05, 3.63) is 63.6 Å². The van der Waals surface area contributed by atoms with Crippen LogP contribution in [0, 0.1) is 11.7 Å². The molecule has 1 aliphatic rings. The molecule has 0 aliphatic heterocycles. The molecule has 7 heteroatoms. The fourth-order valence-corrected chi connectivity index (χ4v) is 4.75. The Balaban J connectivity index is 1.71.